The fraction of sp³-hybridized carbons (Fsp3) is 0.538. The minimum atomic E-state index is -4.39. The van der Waals surface area contributed by atoms with Crippen LogP contribution in [0, 0.1) is 0 Å². The Kier molecular flexibility index (Phi) is 6.18. The molecule has 4 nitrogen and oxygen atoms in total. The Balaban J connectivity index is 2.77. The minimum Gasteiger partial charge on any atom is -0.396 e. The molecule has 0 heterocycles. The Morgan fingerprint density at radius 1 is 1.19 bits per heavy atom. The van der Waals surface area contributed by atoms with E-state index in [1.165, 1.54) is 12.1 Å². The van der Waals surface area contributed by atoms with Crippen molar-refractivity contribution in [2.24, 2.45) is 0 Å². The summed E-state index contributed by atoms with van der Waals surface area (Å²) in [6.07, 6.45) is -4.40. The molecule has 0 atom stereocenters. The van der Waals surface area contributed by atoms with E-state index in [1.807, 2.05) is 0 Å². The lowest BCUT2D eigenvalue weighted by molar-refractivity contribution is -0.135. The Morgan fingerprint density at radius 2 is 1.76 bits per heavy atom. The van der Waals surface area contributed by atoms with Crippen LogP contribution in [0.25, 0.3) is 0 Å². The van der Waals surface area contributed by atoms with E-state index in [1.54, 1.807) is 12.1 Å². The molecule has 1 aromatic carbocycles. The van der Waals surface area contributed by atoms with Gasteiger partial charge in [-0.15, -0.1) is 0 Å². The van der Waals surface area contributed by atoms with Crippen molar-refractivity contribution < 1.29 is 26.7 Å². The van der Waals surface area contributed by atoms with Crippen LogP contribution < -0.4 is 0 Å². The number of aryl methyl sites for hydroxylation is 1. The molecule has 0 aliphatic rings. The topological polar surface area (TPSA) is 57.6 Å². The van der Waals surface area contributed by atoms with Gasteiger partial charge in [-0.05, 0) is 30.5 Å². The molecule has 0 radical (unpaired) electrons. The Bertz CT molecular complexity index is 541. The molecular weight excluding hydrogens is 307 g/mol. The van der Waals surface area contributed by atoms with Crippen molar-refractivity contribution in [2.45, 2.75) is 30.3 Å². The van der Waals surface area contributed by atoms with E-state index in [0.29, 0.717) is 17.1 Å². The fourth-order valence-corrected chi connectivity index (χ4v) is 2.87. The predicted octanol–water partition coefficient (Wildman–Crippen LogP) is 2.18. The van der Waals surface area contributed by atoms with Crippen LogP contribution in [-0.2, 0) is 16.4 Å². The average molecular weight is 325 g/mol. The van der Waals surface area contributed by atoms with Crippen molar-refractivity contribution in [3.63, 3.8) is 0 Å². The smallest absolute Gasteiger partial charge is 0.390 e. The molecule has 0 amide bonds. The zero-order valence-corrected chi connectivity index (χ0v) is 12.4. The SMILES string of the molecule is CN(CCC(F)(F)F)S(=O)(=O)c1ccc(CCCO)cc1. The van der Waals surface area contributed by atoms with Crippen molar-refractivity contribution in [3.05, 3.63) is 29.8 Å². The number of alkyl halides is 3. The molecule has 0 saturated carbocycles. The largest absolute Gasteiger partial charge is 0.396 e. The summed E-state index contributed by atoms with van der Waals surface area (Å²) in [6.45, 7) is -0.571. The minimum absolute atomic E-state index is 0.0417. The zero-order valence-electron chi connectivity index (χ0n) is 11.6. The van der Waals surface area contributed by atoms with Crippen molar-refractivity contribution in [1.29, 1.82) is 0 Å². The predicted molar refractivity (Wildman–Crippen MR) is 72.3 cm³/mol. The summed E-state index contributed by atoms with van der Waals surface area (Å²) in [4.78, 5) is -0.0417. The van der Waals surface area contributed by atoms with Crippen molar-refractivity contribution >= 4 is 10.0 Å². The molecule has 0 aromatic heterocycles. The first-order valence-corrected chi connectivity index (χ1v) is 7.84. The zero-order chi connectivity index (χ0) is 16.1. The number of sulfonamides is 1. The van der Waals surface area contributed by atoms with Gasteiger partial charge >= 0.3 is 6.18 Å². The Morgan fingerprint density at radius 3 is 2.24 bits per heavy atom. The monoisotopic (exact) mass is 325 g/mol. The van der Waals surface area contributed by atoms with Gasteiger partial charge in [-0.3, -0.25) is 0 Å². The summed E-state index contributed by atoms with van der Waals surface area (Å²) in [5, 5.41) is 8.71. The van der Waals surface area contributed by atoms with Crippen molar-refractivity contribution in [3.8, 4) is 0 Å². The van der Waals surface area contributed by atoms with E-state index < -0.39 is 29.2 Å². The highest BCUT2D eigenvalue weighted by Crippen LogP contribution is 2.22. The molecule has 0 aliphatic carbocycles. The van der Waals surface area contributed by atoms with E-state index in [0.717, 1.165) is 12.6 Å². The molecule has 1 aromatic rings. The van der Waals surface area contributed by atoms with Gasteiger partial charge < -0.3 is 5.11 Å². The molecule has 0 unspecified atom stereocenters. The van der Waals surface area contributed by atoms with Crippen LogP contribution >= 0.6 is 0 Å². The van der Waals surface area contributed by atoms with Gasteiger partial charge in [0.05, 0.1) is 11.3 Å². The maximum Gasteiger partial charge on any atom is 0.390 e. The Hall–Kier alpha value is -1.12. The second-order valence-electron chi connectivity index (χ2n) is 4.66. The number of rotatable bonds is 7. The van der Waals surface area contributed by atoms with Crippen molar-refractivity contribution in [2.75, 3.05) is 20.2 Å². The lowest BCUT2D eigenvalue weighted by atomic mass is 10.1. The normalized spacial score (nSPS) is 12.9. The quantitative estimate of drug-likeness (QED) is 0.836. The third-order valence-electron chi connectivity index (χ3n) is 2.97. The standard InChI is InChI=1S/C13H18F3NO3S/c1-17(9-8-13(14,15)16)21(19,20)12-6-4-11(5-7-12)3-2-10-18/h4-7,18H,2-3,8-10H2,1H3. The molecule has 1 N–H and O–H groups in total. The first-order valence-electron chi connectivity index (χ1n) is 6.40. The molecule has 8 heteroatoms. The van der Waals surface area contributed by atoms with E-state index in [9.17, 15) is 21.6 Å². The fourth-order valence-electron chi connectivity index (χ4n) is 1.70. The van der Waals surface area contributed by atoms with Crippen LogP contribution in [0.1, 0.15) is 18.4 Å². The molecule has 1 rings (SSSR count). The number of aliphatic hydroxyl groups excluding tert-OH is 1. The van der Waals surface area contributed by atoms with Gasteiger partial charge in [-0.25, -0.2) is 12.7 Å². The van der Waals surface area contributed by atoms with Crippen LogP contribution in [0.3, 0.4) is 0 Å². The molecule has 0 bridgehead atoms. The van der Waals surface area contributed by atoms with Crippen LogP contribution in [-0.4, -0.2) is 44.2 Å². The number of hydrogen-bond acceptors (Lipinski definition) is 3. The van der Waals surface area contributed by atoms with Gasteiger partial charge in [0.15, 0.2) is 0 Å². The molecular formula is C13H18F3NO3S. The summed E-state index contributed by atoms with van der Waals surface area (Å²) < 4.78 is 61.3. The van der Waals surface area contributed by atoms with Gasteiger partial charge in [0.25, 0.3) is 0 Å². The number of nitrogens with zero attached hydrogens (tertiary/aromatic N) is 1. The summed E-state index contributed by atoms with van der Waals surface area (Å²) in [5.41, 5.74) is 0.862. The van der Waals surface area contributed by atoms with E-state index in [-0.39, 0.29) is 11.5 Å². The number of benzene rings is 1. The number of aliphatic hydroxyl groups is 1. The summed E-state index contributed by atoms with van der Waals surface area (Å²) in [7, 11) is -2.79. The molecule has 0 aliphatic heterocycles. The molecule has 0 fully saturated rings. The molecule has 21 heavy (non-hydrogen) atoms. The van der Waals surface area contributed by atoms with Gasteiger partial charge in [0, 0.05) is 20.2 Å². The van der Waals surface area contributed by atoms with Gasteiger partial charge in [0.2, 0.25) is 10.0 Å². The summed E-state index contributed by atoms with van der Waals surface area (Å²) >= 11 is 0. The first-order chi connectivity index (χ1) is 9.66. The lowest BCUT2D eigenvalue weighted by Crippen LogP contribution is -2.30. The molecule has 0 spiro atoms. The highest BCUT2D eigenvalue weighted by Gasteiger charge is 2.30. The molecule has 120 valence electrons. The van der Waals surface area contributed by atoms with Crippen LogP contribution in [0.2, 0.25) is 0 Å². The average Bonchev–Trinajstić information content (AvgIpc) is 2.42. The second kappa shape index (κ2) is 7.24. The maximum atomic E-state index is 12.1. The van der Waals surface area contributed by atoms with Crippen LogP contribution in [0.4, 0.5) is 13.2 Å². The van der Waals surface area contributed by atoms with Gasteiger partial charge in [0.1, 0.15) is 0 Å². The summed E-state index contributed by atoms with van der Waals surface area (Å²) in [5.74, 6) is 0. The van der Waals surface area contributed by atoms with E-state index in [2.05, 4.69) is 0 Å². The Labute approximate surface area is 122 Å². The van der Waals surface area contributed by atoms with Gasteiger partial charge in [-0.2, -0.15) is 13.2 Å². The van der Waals surface area contributed by atoms with E-state index >= 15 is 0 Å². The van der Waals surface area contributed by atoms with Gasteiger partial charge in [-0.1, -0.05) is 12.1 Å². The van der Waals surface area contributed by atoms with E-state index in [4.69, 9.17) is 5.11 Å². The number of halogens is 3. The summed E-state index contributed by atoms with van der Waals surface area (Å²) in [6, 6.07) is 5.93. The highest BCUT2D eigenvalue weighted by molar-refractivity contribution is 7.89. The third-order valence-corrected chi connectivity index (χ3v) is 4.84. The van der Waals surface area contributed by atoms with Crippen molar-refractivity contribution in [1.82, 2.24) is 4.31 Å². The lowest BCUT2D eigenvalue weighted by Gasteiger charge is -2.18. The number of hydrogen-bond donors (Lipinski definition) is 1. The molecule has 0 saturated heterocycles. The van der Waals surface area contributed by atoms with Crippen LogP contribution in [0.5, 0.6) is 0 Å². The maximum absolute atomic E-state index is 12.1. The highest BCUT2D eigenvalue weighted by atomic mass is 32.2. The third kappa shape index (κ3) is 5.64. The second-order valence-corrected chi connectivity index (χ2v) is 6.71. The first kappa shape index (κ1) is 17.9. The van der Waals surface area contributed by atoms with Crippen LogP contribution in [0.15, 0.2) is 29.2 Å².